The maximum absolute atomic E-state index is 5.31. The second kappa shape index (κ2) is 4.96. The van der Waals surface area contributed by atoms with Gasteiger partial charge in [-0.15, -0.1) is 0 Å². The SMILES string of the molecule is Cc1noc(C)c1-c1ccccc1[C@H](C)n1ccnc1. The van der Waals surface area contributed by atoms with Crippen LogP contribution in [-0.4, -0.2) is 14.7 Å². The largest absolute Gasteiger partial charge is 0.361 e. The van der Waals surface area contributed by atoms with E-state index in [9.17, 15) is 0 Å². The van der Waals surface area contributed by atoms with E-state index in [1.165, 1.54) is 11.1 Å². The molecule has 3 rings (SSSR count). The van der Waals surface area contributed by atoms with Crippen LogP contribution in [0.2, 0.25) is 0 Å². The zero-order valence-electron chi connectivity index (χ0n) is 11.9. The van der Waals surface area contributed by atoms with Crippen molar-refractivity contribution in [1.82, 2.24) is 14.7 Å². The average molecular weight is 267 g/mol. The summed E-state index contributed by atoms with van der Waals surface area (Å²) in [6.45, 7) is 6.09. The molecule has 0 unspecified atom stereocenters. The van der Waals surface area contributed by atoms with Crippen LogP contribution in [0.4, 0.5) is 0 Å². The van der Waals surface area contributed by atoms with Crippen molar-refractivity contribution < 1.29 is 4.52 Å². The van der Waals surface area contributed by atoms with Gasteiger partial charge in [0.2, 0.25) is 0 Å². The van der Waals surface area contributed by atoms with E-state index in [0.717, 1.165) is 17.0 Å². The molecule has 1 aromatic carbocycles. The van der Waals surface area contributed by atoms with Crippen molar-refractivity contribution in [2.75, 3.05) is 0 Å². The summed E-state index contributed by atoms with van der Waals surface area (Å²) in [4.78, 5) is 4.13. The zero-order chi connectivity index (χ0) is 14.1. The highest BCUT2D eigenvalue weighted by Gasteiger charge is 2.18. The standard InChI is InChI=1S/C16H17N3O/c1-11-16(13(3)20-18-11)15-7-5-4-6-14(15)12(2)19-9-8-17-10-19/h4-10,12H,1-3H3/t12-/m0/s1. The van der Waals surface area contributed by atoms with Gasteiger partial charge < -0.3 is 9.09 Å². The quantitative estimate of drug-likeness (QED) is 0.725. The van der Waals surface area contributed by atoms with Crippen molar-refractivity contribution in [3.05, 3.63) is 60.0 Å². The number of rotatable bonds is 3. The number of aryl methyl sites for hydroxylation is 2. The van der Waals surface area contributed by atoms with Gasteiger partial charge in [-0.3, -0.25) is 0 Å². The van der Waals surface area contributed by atoms with E-state index < -0.39 is 0 Å². The molecule has 4 heteroatoms. The van der Waals surface area contributed by atoms with Gasteiger partial charge in [-0.25, -0.2) is 4.98 Å². The van der Waals surface area contributed by atoms with Crippen molar-refractivity contribution in [1.29, 1.82) is 0 Å². The van der Waals surface area contributed by atoms with E-state index in [-0.39, 0.29) is 6.04 Å². The fraction of sp³-hybridized carbons (Fsp3) is 0.250. The van der Waals surface area contributed by atoms with Gasteiger partial charge in [0.05, 0.1) is 18.1 Å². The first-order valence-electron chi connectivity index (χ1n) is 6.68. The summed E-state index contributed by atoms with van der Waals surface area (Å²) in [7, 11) is 0. The summed E-state index contributed by atoms with van der Waals surface area (Å²) >= 11 is 0. The third-order valence-electron chi connectivity index (χ3n) is 3.69. The van der Waals surface area contributed by atoms with E-state index in [4.69, 9.17) is 4.52 Å². The molecule has 20 heavy (non-hydrogen) atoms. The summed E-state index contributed by atoms with van der Waals surface area (Å²) < 4.78 is 7.40. The first-order chi connectivity index (χ1) is 9.68. The Morgan fingerprint density at radius 2 is 2.00 bits per heavy atom. The molecule has 0 aliphatic carbocycles. The zero-order valence-corrected chi connectivity index (χ0v) is 11.9. The highest BCUT2D eigenvalue weighted by atomic mass is 16.5. The van der Waals surface area contributed by atoms with Crippen LogP contribution in [-0.2, 0) is 0 Å². The summed E-state index contributed by atoms with van der Waals surface area (Å²) in [5, 5.41) is 4.06. The van der Waals surface area contributed by atoms with Crippen LogP contribution in [0.5, 0.6) is 0 Å². The predicted octanol–water partition coefficient (Wildman–Crippen LogP) is 3.76. The second-order valence-corrected chi connectivity index (χ2v) is 4.97. The second-order valence-electron chi connectivity index (χ2n) is 4.97. The maximum atomic E-state index is 5.31. The molecule has 0 bridgehead atoms. The van der Waals surface area contributed by atoms with Gasteiger partial charge in [0.1, 0.15) is 5.76 Å². The molecule has 2 aromatic heterocycles. The normalized spacial score (nSPS) is 12.6. The van der Waals surface area contributed by atoms with Gasteiger partial charge in [0, 0.05) is 18.0 Å². The van der Waals surface area contributed by atoms with Gasteiger partial charge in [0.25, 0.3) is 0 Å². The lowest BCUT2D eigenvalue weighted by Crippen LogP contribution is -2.06. The van der Waals surface area contributed by atoms with Crippen LogP contribution in [0, 0.1) is 13.8 Å². The van der Waals surface area contributed by atoms with Crippen molar-refractivity contribution in [2.24, 2.45) is 0 Å². The number of benzene rings is 1. The van der Waals surface area contributed by atoms with Gasteiger partial charge >= 0.3 is 0 Å². The van der Waals surface area contributed by atoms with Gasteiger partial charge in [-0.1, -0.05) is 29.4 Å². The molecule has 0 saturated carbocycles. The molecule has 0 amide bonds. The third-order valence-corrected chi connectivity index (χ3v) is 3.69. The molecule has 0 spiro atoms. The van der Waals surface area contributed by atoms with Crippen LogP contribution in [0.25, 0.3) is 11.1 Å². The molecular formula is C16H17N3O. The topological polar surface area (TPSA) is 43.9 Å². The first-order valence-corrected chi connectivity index (χ1v) is 6.68. The van der Waals surface area contributed by atoms with Gasteiger partial charge in [0.15, 0.2) is 0 Å². The molecular weight excluding hydrogens is 250 g/mol. The molecule has 0 fully saturated rings. The smallest absolute Gasteiger partial charge is 0.141 e. The molecule has 3 aromatic rings. The lowest BCUT2D eigenvalue weighted by Gasteiger charge is -2.17. The molecule has 0 radical (unpaired) electrons. The summed E-state index contributed by atoms with van der Waals surface area (Å²) in [5.41, 5.74) is 4.42. The van der Waals surface area contributed by atoms with Crippen LogP contribution < -0.4 is 0 Å². The van der Waals surface area contributed by atoms with Crippen LogP contribution >= 0.6 is 0 Å². The van der Waals surface area contributed by atoms with Crippen LogP contribution in [0.1, 0.15) is 30.0 Å². The number of imidazole rings is 1. The Kier molecular flexibility index (Phi) is 3.14. The van der Waals surface area contributed by atoms with Crippen molar-refractivity contribution in [3.8, 4) is 11.1 Å². The molecule has 1 atom stereocenters. The van der Waals surface area contributed by atoms with E-state index >= 15 is 0 Å². The fourth-order valence-electron chi connectivity index (χ4n) is 2.62. The Balaban J connectivity index is 2.14. The Hall–Kier alpha value is -2.36. The Morgan fingerprint density at radius 1 is 1.20 bits per heavy atom. The third kappa shape index (κ3) is 2.03. The van der Waals surface area contributed by atoms with Crippen molar-refractivity contribution >= 4 is 0 Å². The Bertz CT molecular complexity index is 694. The van der Waals surface area contributed by atoms with Gasteiger partial charge in [-0.05, 0) is 31.9 Å². The fourth-order valence-corrected chi connectivity index (χ4v) is 2.62. The molecule has 4 nitrogen and oxygen atoms in total. The highest BCUT2D eigenvalue weighted by molar-refractivity contribution is 5.71. The molecule has 0 saturated heterocycles. The Morgan fingerprint density at radius 3 is 2.65 bits per heavy atom. The highest BCUT2D eigenvalue weighted by Crippen LogP contribution is 2.33. The average Bonchev–Trinajstić information content (AvgIpc) is 3.09. The van der Waals surface area contributed by atoms with Crippen LogP contribution in [0.3, 0.4) is 0 Å². The first kappa shape index (κ1) is 12.7. The van der Waals surface area contributed by atoms with Crippen molar-refractivity contribution in [2.45, 2.75) is 26.8 Å². The predicted molar refractivity (Wildman–Crippen MR) is 77.5 cm³/mol. The molecule has 0 aliphatic rings. The number of aromatic nitrogens is 3. The molecule has 0 N–H and O–H groups in total. The Labute approximate surface area is 118 Å². The minimum Gasteiger partial charge on any atom is -0.361 e. The van der Waals surface area contributed by atoms with Crippen molar-refractivity contribution in [3.63, 3.8) is 0 Å². The van der Waals surface area contributed by atoms with E-state index in [1.807, 2.05) is 32.4 Å². The van der Waals surface area contributed by atoms with E-state index in [1.54, 1.807) is 6.20 Å². The number of hydrogen-bond donors (Lipinski definition) is 0. The van der Waals surface area contributed by atoms with E-state index in [2.05, 4.69) is 39.8 Å². The molecule has 2 heterocycles. The number of hydrogen-bond acceptors (Lipinski definition) is 3. The molecule has 0 aliphatic heterocycles. The minimum absolute atomic E-state index is 0.211. The van der Waals surface area contributed by atoms with Gasteiger partial charge in [-0.2, -0.15) is 0 Å². The summed E-state index contributed by atoms with van der Waals surface area (Å²) in [6.07, 6.45) is 5.62. The maximum Gasteiger partial charge on any atom is 0.141 e. The molecule has 102 valence electrons. The van der Waals surface area contributed by atoms with Crippen LogP contribution in [0.15, 0.2) is 47.5 Å². The van der Waals surface area contributed by atoms with E-state index in [0.29, 0.717) is 0 Å². The minimum atomic E-state index is 0.211. The summed E-state index contributed by atoms with van der Waals surface area (Å²) in [5.74, 6) is 0.854. The number of nitrogens with zero attached hydrogens (tertiary/aromatic N) is 3. The lowest BCUT2D eigenvalue weighted by atomic mass is 9.94. The summed E-state index contributed by atoms with van der Waals surface area (Å²) in [6, 6.07) is 8.58. The monoisotopic (exact) mass is 267 g/mol. The lowest BCUT2D eigenvalue weighted by molar-refractivity contribution is 0.393.